The maximum Gasteiger partial charge on any atom is 0.574 e. The number of rotatable bonds is 3. The third-order valence-corrected chi connectivity index (χ3v) is 2.34. The molecule has 94 valence electrons. The van der Waals surface area contributed by atoms with E-state index in [2.05, 4.69) is 9.72 Å². The Bertz CT molecular complexity index is 449. The Morgan fingerprint density at radius 1 is 1.53 bits per heavy atom. The molecule has 17 heavy (non-hydrogen) atoms. The average molecular weight is 363 g/mol. The SMILES string of the molecule is COc1cc(C(=O)O)c(OC(F)(F)F)nc1I. The number of hydrogen-bond donors (Lipinski definition) is 1. The number of carboxylic acid groups (broad SMARTS) is 1. The molecule has 1 N–H and O–H groups in total. The van der Waals surface area contributed by atoms with Crippen molar-refractivity contribution in [3.05, 3.63) is 15.3 Å². The Labute approximate surface area is 107 Å². The van der Waals surface area contributed by atoms with Crippen LogP contribution in [0, 0.1) is 3.70 Å². The molecule has 1 aromatic rings. The lowest BCUT2D eigenvalue weighted by Gasteiger charge is -2.12. The quantitative estimate of drug-likeness (QED) is 0.660. The zero-order chi connectivity index (χ0) is 13.2. The van der Waals surface area contributed by atoms with Crippen LogP contribution in [0.2, 0.25) is 0 Å². The number of carboxylic acids is 1. The lowest BCUT2D eigenvalue weighted by molar-refractivity contribution is -0.276. The molecule has 0 fully saturated rings. The smallest absolute Gasteiger partial charge is 0.494 e. The third-order valence-electron chi connectivity index (χ3n) is 1.57. The van der Waals surface area contributed by atoms with E-state index in [4.69, 9.17) is 9.84 Å². The van der Waals surface area contributed by atoms with Crippen molar-refractivity contribution in [2.24, 2.45) is 0 Å². The van der Waals surface area contributed by atoms with E-state index >= 15 is 0 Å². The summed E-state index contributed by atoms with van der Waals surface area (Å²) in [5.74, 6) is -2.56. The summed E-state index contributed by atoms with van der Waals surface area (Å²) in [6.45, 7) is 0. The number of aromatic carboxylic acids is 1. The van der Waals surface area contributed by atoms with Crippen molar-refractivity contribution < 1.29 is 32.5 Å². The standard InChI is InChI=1S/C8H5F3INO4/c1-16-4-2-3(7(14)15)6(13-5(4)12)17-8(9,10)11/h2H,1H3,(H,14,15). The highest BCUT2D eigenvalue weighted by Gasteiger charge is 2.34. The molecule has 0 spiro atoms. The van der Waals surface area contributed by atoms with Crippen molar-refractivity contribution in [2.75, 3.05) is 7.11 Å². The third kappa shape index (κ3) is 3.61. The summed E-state index contributed by atoms with van der Waals surface area (Å²) >= 11 is 1.60. The van der Waals surface area contributed by atoms with Gasteiger partial charge in [0.2, 0.25) is 5.88 Å². The van der Waals surface area contributed by atoms with Crippen LogP contribution in [0.4, 0.5) is 13.2 Å². The van der Waals surface area contributed by atoms with Crippen LogP contribution in [0.15, 0.2) is 6.07 Å². The number of halogens is 4. The first-order valence-electron chi connectivity index (χ1n) is 3.98. The summed E-state index contributed by atoms with van der Waals surface area (Å²) in [6, 6.07) is 0.915. The fourth-order valence-corrected chi connectivity index (χ4v) is 1.54. The number of nitrogens with zero attached hydrogens (tertiary/aromatic N) is 1. The van der Waals surface area contributed by atoms with Gasteiger partial charge in [-0.2, -0.15) is 0 Å². The Morgan fingerprint density at radius 3 is 2.53 bits per heavy atom. The molecule has 9 heteroatoms. The van der Waals surface area contributed by atoms with E-state index in [1.165, 1.54) is 7.11 Å². The molecular weight excluding hydrogens is 358 g/mol. The van der Waals surface area contributed by atoms with Crippen LogP contribution in [-0.4, -0.2) is 29.5 Å². The van der Waals surface area contributed by atoms with E-state index in [0.717, 1.165) is 6.07 Å². The number of alkyl halides is 3. The van der Waals surface area contributed by atoms with Crippen LogP contribution in [0.25, 0.3) is 0 Å². The van der Waals surface area contributed by atoms with Gasteiger partial charge in [-0.15, -0.1) is 13.2 Å². The first kappa shape index (κ1) is 13.8. The Balaban J connectivity index is 3.28. The molecule has 0 aliphatic rings. The van der Waals surface area contributed by atoms with Gasteiger partial charge in [0, 0.05) is 6.07 Å². The summed E-state index contributed by atoms with van der Waals surface area (Å²) in [5, 5.41) is 8.73. The predicted molar refractivity (Wildman–Crippen MR) is 57.1 cm³/mol. The summed E-state index contributed by atoms with van der Waals surface area (Å²) in [5.41, 5.74) is -0.723. The molecule has 0 atom stereocenters. The Morgan fingerprint density at radius 2 is 2.12 bits per heavy atom. The van der Waals surface area contributed by atoms with E-state index in [1.807, 2.05) is 0 Å². The Hall–Kier alpha value is -1.26. The van der Waals surface area contributed by atoms with Crippen LogP contribution in [0.1, 0.15) is 10.4 Å². The lowest BCUT2D eigenvalue weighted by Crippen LogP contribution is -2.20. The number of methoxy groups -OCH3 is 1. The second kappa shape index (κ2) is 4.94. The largest absolute Gasteiger partial charge is 0.574 e. The molecule has 0 aromatic carbocycles. The van der Waals surface area contributed by atoms with Crippen LogP contribution < -0.4 is 9.47 Å². The van der Waals surface area contributed by atoms with Crippen LogP contribution in [-0.2, 0) is 0 Å². The first-order valence-corrected chi connectivity index (χ1v) is 5.06. The minimum atomic E-state index is -5.01. The van der Waals surface area contributed by atoms with Gasteiger partial charge in [-0.05, 0) is 22.6 Å². The van der Waals surface area contributed by atoms with E-state index < -0.39 is 23.8 Å². The van der Waals surface area contributed by atoms with Gasteiger partial charge in [-0.3, -0.25) is 0 Å². The topological polar surface area (TPSA) is 68.7 Å². The van der Waals surface area contributed by atoms with E-state index in [1.54, 1.807) is 22.6 Å². The van der Waals surface area contributed by atoms with Crippen molar-refractivity contribution in [1.29, 1.82) is 0 Å². The molecule has 0 aliphatic carbocycles. The van der Waals surface area contributed by atoms with Gasteiger partial charge in [-0.1, -0.05) is 0 Å². The monoisotopic (exact) mass is 363 g/mol. The van der Waals surface area contributed by atoms with Gasteiger partial charge in [-0.25, -0.2) is 9.78 Å². The number of aromatic nitrogens is 1. The second-order valence-corrected chi connectivity index (χ2v) is 3.71. The zero-order valence-corrected chi connectivity index (χ0v) is 10.4. The molecule has 0 saturated heterocycles. The van der Waals surface area contributed by atoms with Gasteiger partial charge in [0.1, 0.15) is 9.26 Å². The van der Waals surface area contributed by atoms with Crippen molar-refractivity contribution in [2.45, 2.75) is 6.36 Å². The normalized spacial score (nSPS) is 11.1. The number of hydrogen-bond acceptors (Lipinski definition) is 4. The van der Waals surface area contributed by atoms with Gasteiger partial charge in [0.05, 0.1) is 7.11 Å². The van der Waals surface area contributed by atoms with E-state index in [0.29, 0.717) is 0 Å². The zero-order valence-electron chi connectivity index (χ0n) is 8.21. The molecule has 0 saturated carbocycles. The molecule has 5 nitrogen and oxygen atoms in total. The highest BCUT2D eigenvalue weighted by atomic mass is 127. The molecule has 0 bridgehead atoms. The fourth-order valence-electron chi connectivity index (χ4n) is 0.941. The van der Waals surface area contributed by atoms with Crippen LogP contribution in [0.5, 0.6) is 11.6 Å². The van der Waals surface area contributed by atoms with Gasteiger partial charge in [0.25, 0.3) is 0 Å². The maximum atomic E-state index is 12.0. The second-order valence-electron chi connectivity index (χ2n) is 2.69. The first-order chi connectivity index (χ1) is 7.74. The highest BCUT2D eigenvalue weighted by Crippen LogP contribution is 2.30. The molecule has 0 radical (unpaired) electrons. The van der Waals surface area contributed by atoms with E-state index in [9.17, 15) is 18.0 Å². The summed E-state index contributed by atoms with van der Waals surface area (Å²) in [7, 11) is 1.25. The molecule has 1 aromatic heterocycles. The molecule has 1 heterocycles. The summed E-state index contributed by atoms with van der Waals surface area (Å²) in [4.78, 5) is 14.1. The van der Waals surface area contributed by atoms with Gasteiger partial charge < -0.3 is 14.6 Å². The highest BCUT2D eigenvalue weighted by molar-refractivity contribution is 14.1. The van der Waals surface area contributed by atoms with Crippen molar-refractivity contribution in [3.8, 4) is 11.6 Å². The molecule has 1 rings (SSSR count). The van der Waals surface area contributed by atoms with Crippen LogP contribution >= 0.6 is 22.6 Å². The predicted octanol–water partition coefficient (Wildman–Crippen LogP) is 2.29. The fraction of sp³-hybridized carbons (Fsp3) is 0.250. The molecular formula is C8H5F3INO4. The van der Waals surface area contributed by atoms with Gasteiger partial charge >= 0.3 is 12.3 Å². The lowest BCUT2D eigenvalue weighted by atomic mass is 10.2. The molecule has 0 aliphatic heterocycles. The molecule has 0 amide bonds. The van der Waals surface area contributed by atoms with Crippen molar-refractivity contribution in [1.82, 2.24) is 4.98 Å². The Kier molecular flexibility index (Phi) is 4.01. The minimum Gasteiger partial charge on any atom is -0.494 e. The van der Waals surface area contributed by atoms with Crippen molar-refractivity contribution in [3.63, 3.8) is 0 Å². The average Bonchev–Trinajstić information content (AvgIpc) is 2.14. The minimum absolute atomic E-state index is 0.0533. The number of carbonyl (C=O) groups is 1. The summed E-state index contributed by atoms with van der Waals surface area (Å²) in [6.07, 6.45) is -5.01. The van der Waals surface area contributed by atoms with Gasteiger partial charge in [0.15, 0.2) is 5.75 Å². The molecule has 0 unspecified atom stereocenters. The summed E-state index contributed by atoms with van der Waals surface area (Å²) < 4.78 is 44.4. The van der Waals surface area contributed by atoms with Crippen LogP contribution in [0.3, 0.4) is 0 Å². The number of ether oxygens (including phenoxy) is 2. The van der Waals surface area contributed by atoms with E-state index in [-0.39, 0.29) is 9.45 Å². The number of pyridine rings is 1. The van der Waals surface area contributed by atoms with Crippen molar-refractivity contribution >= 4 is 28.6 Å². The maximum absolute atomic E-state index is 12.0.